The molecule has 0 aliphatic heterocycles. The highest BCUT2D eigenvalue weighted by atomic mass is 35.5. The number of benzene rings is 2. The van der Waals surface area contributed by atoms with Crippen molar-refractivity contribution >= 4 is 39.4 Å². The van der Waals surface area contributed by atoms with Crippen LogP contribution in [0.15, 0.2) is 48.7 Å². The van der Waals surface area contributed by atoms with Crippen LogP contribution in [-0.2, 0) is 11.3 Å². The molecule has 2 aromatic heterocycles. The van der Waals surface area contributed by atoms with Crippen molar-refractivity contribution < 1.29 is 14.3 Å². The average Bonchev–Trinajstić information content (AvgIpc) is 2.85. The molecule has 0 amide bonds. The number of halogens is 2. The molecule has 6 heteroatoms. The van der Waals surface area contributed by atoms with Crippen LogP contribution in [0, 0.1) is 12.7 Å². The number of rotatable bonds is 3. The van der Waals surface area contributed by atoms with Gasteiger partial charge in [0.05, 0.1) is 5.52 Å². The van der Waals surface area contributed by atoms with Crippen LogP contribution in [0.5, 0.6) is 0 Å². The maximum Gasteiger partial charge on any atom is 0.323 e. The molecule has 0 saturated heterocycles. The maximum atomic E-state index is 13.9. The highest BCUT2D eigenvalue weighted by molar-refractivity contribution is 6.31. The molecule has 26 heavy (non-hydrogen) atoms. The number of aromatic nitrogens is 2. The number of carbonyl (C=O) groups is 1. The average molecular weight is 369 g/mol. The number of carboxylic acids is 1. The molecule has 4 nitrogen and oxygen atoms in total. The Bertz CT molecular complexity index is 1180. The predicted molar refractivity (Wildman–Crippen MR) is 100 cm³/mol. The second kappa shape index (κ2) is 6.11. The van der Waals surface area contributed by atoms with E-state index in [-0.39, 0.29) is 12.4 Å². The molecule has 0 aliphatic carbocycles. The monoisotopic (exact) mass is 368 g/mol. The lowest BCUT2D eigenvalue weighted by Gasteiger charge is -2.08. The number of pyridine rings is 1. The first-order chi connectivity index (χ1) is 12.5. The van der Waals surface area contributed by atoms with E-state index in [0.717, 1.165) is 27.7 Å². The number of hydrogen-bond acceptors (Lipinski definition) is 2. The maximum absolute atomic E-state index is 13.9. The summed E-state index contributed by atoms with van der Waals surface area (Å²) in [4.78, 5) is 15.7. The number of carboxylic acid groups (broad SMARTS) is 1. The lowest BCUT2D eigenvalue weighted by molar-refractivity contribution is -0.137. The first kappa shape index (κ1) is 16.5. The predicted octanol–water partition coefficient (Wildman–Crippen LogP) is 5.04. The van der Waals surface area contributed by atoms with E-state index in [1.165, 1.54) is 12.1 Å². The van der Waals surface area contributed by atoms with E-state index in [1.807, 2.05) is 19.1 Å². The Balaban J connectivity index is 2.11. The van der Waals surface area contributed by atoms with Crippen molar-refractivity contribution in [2.75, 3.05) is 0 Å². The van der Waals surface area contributed by atoms with Gasteiger partial charge in [-0.05, 0) is 48.9 Å². The molecule has 0 fully saturated rings. The van der Waals surface area contributed by atoms with Crippen LogP contribution in [0.4, 0.5) is 4.39 Å². The summed E-state index contributed by atoms with van der Waals surface area (Å²) in [5.74, 6) is -1.32. The second-order valence-corrected chi connectivity index (χ2v) is 6.56. The molecule has 0 saturated carbocycles. The summed E-state index contributed by atoms with van der Waals surface area (Å²) in [7, 11) is 0. The summed E-state index contributed by atoms with van der Waals surface area (Å²) < 4.78 is 15.6. The molecule has 0 bridgehead atoms. The normalized spacial score (nSPS) is 11.3. The van der Waals surface area contributed by atoms with Crippen molar-refractivity contribution in [2.45, 2.75) is 13.5 Å². The van der Waals surface area contributed by atoms with Crippen molar-refractivity contribution in [3.8, 4) is 11.1 Å². The molecule has 4 aromatic rings. The van der Waals surface area contributed by atoms with Gasteiger partial charge in [-0.1, -0.05) is 17.7 Å². The van der Waals surface area contributed by atoms with E-state index in [2.05, 4.69) is 4.98 Å². The standard InChI is InChI=1S/C20H14ClFN2O2/c1-11-20(15-6-7-23-17-8-12(21)2-4-14(15)17)16-9-13(22)3-5-18(16)24(11)10-19(25)26/h2-9H,10H2,1H3,(H,25,26). The molecule has 2 aromatic carbocycles. The molecule has 1 N–H and O–H groups in total. The Hall–Kier alpha value is -2.92. The first-order valence-electron chi connectivity index (χ1n) is 8.00. The van der Waals surface area contributed by atoms with Crippen LogP contribution in [0.3, 0.4) is 0 Å². The van der Waals surface area contributed by atoms with E-state index in [1.54, 1.807) is 29.0 Å². The molecule has 0 aliphatic rings. The number of hydrogen-bond donors (Lipinski definition) is 1. The largest absolute Gasteiger partial charge is 0.480 e. The molecular weight excluding hydrogens is 355 g/mol. The van der Waals surface area contributed by atoms with Gasteiger partial charge in [0.2, 0.25) is 0 Å². The third-order valence-electron chi connectivity index (χ3n) is 4.55. The van der Waals surface area contributed by atoms with Crippen LogP contribution >= 0.6 is 11.6 Å². The van der Waals surface area contributed by atoms with Crippen molar-refractivity contribution in [3.05, 3.63) is 65.2 Å². The Labute approximate surface area is 153 Å². The first-order valence-corrected chi connectivity index (χ1v) is 8.38. The summed E-state index contributed by atoms with van der Waals surface area (Å²) >= 11 is 6.07. The zero-order chi connectivity index (χ0) is 18.4. The van der Waals surface area contributed by atoms with Gasteiger partial charge in [-0.15, -0.1) is 0 Å². The zero-order valence-electron chi connectivity index (χ0n) is 13.8. The van der Waals surface area contributed by atoms with Gasteiger partial charge in [-0.3, -0.25) is 9.78 Å². The van der Waals surface area contributed by atoms with Crippen LogP contribution in [-0.4, -0.2) is 20.6 Å². The minimum absolute atomic E-state index is 0.192. The molecule has 0 spiro atoms. The van der Waals surface area contributed by atoms with Gasteiger partial charge in [-0.2, -0.15) is 0 Å². The van der Waals surface area contributed by atoms with Gasteiger partial charge in [0.25, 0.3) is 0 Å². The molecular formula is C20H14ClFN2O2. The summed E-state index contributed by atoms with van der Waals surface area (Å²) in [6.07, 6.45) is 1.67. The fraction of sp³-hybridized carbons (Fsp3) is 0.100. The van der Waals surface area contributed by atoms with Gasteiger partial charge in [0, 0.05) is 38.8 Å². The second-order valence-electron chi connectivity index (χ2n) is 6.12. The van der Waals surface area contributed by atoms with Crippen molar-refractivity contribution in [3.63, 3.8) is 0 Å². The van der Waals surface area contributed by atoms with Crippen LogP contribution in [0.25, 0.3) is 32.9 Å². The Morgan fingerprint density at radius 2 is 2.00 bits per heavy atom. The van der Waals surface area contributed by atoms with Gasteiger partial charge < -0.3 is 9.67 Å². The molecule has 0 unspecified atom stereocenters. The summed E-state index contributed by atoms with van der Waals surface area (Å²) in [5.41, 5.74) is 3.83. The van der Waals surface area contributed by atoms with Gasteiger partial charge in [0.15, 0.2) is 0 Å². The summed E-state index contributed by atoms with van der Waals surface area (Å²) in [6, 6.07) is 11.7. The molecule has 130 valence electrons. The highest BCUT2D eigenvalue weighted by Crippen LogP contribution is 2.38. The Morgan fingerprint density at radius 3 is 2.77 bits per heavy atom. The van der Waals surface area contributed by atoms with E-state index >= 15 is 0 Å². The zero-order valence-corrected chi connectivity index (χ0v) is 14.6. The minimum Gasteiger partial charge on any atom is -0.480 e. The fourth-order valence-electron chi connectivity index (χ4n) is 3.47. The van der Waals surface area contributed by atoms with Crippen molar-refractivity contribution in [1.82, 2.24) is 9.55 Å². The van der Waals surface area contributed by atoms with Crippen LogP contribution < -0.4 is 0 Å². The quantitative estimate of drug-likeness (QED) is 0.551. The number of fused-ring (bicyclic) bond motifs is 2. The van der Waals surface area contributed by atoms with E-state index in [4.69, 9.17) is 11.6 Å². The molecule has 2 heterocycles. The SMILES string of the molecule is Cc1c(-c2ccnc3cc(Cl)ccc23)c2cc(F)ccc2n1CC(=O)O. The third kappa shape index (κ3) is 2.61. The smallest absolute Gasteiger partial charge is 0.323 e. The fourth-order valence-corrected chi connectivity index (χ4v) is 3.64. The molecule has 0 atom stereocenters. The van der Waals surface area contributed by atoms with Gasteiger partial charge >= 0.3 is 5.97 Å². The van der Waals surface area contributed by atoms with Gasteiger partial charge in [0.1, 0.15) is 12.4 Å². The molecule has 0 radical (unpaired) electrons. The van der Waals surface area contributed by atoms with E-state index in [0.29, 0.717) is 15.9 Å². The van der Waals surface area contributed by atoms with Crippen LogP contribution in [0.1, 0.15) is 5.69 Å². The lowest BCUT2D eigenvalue weighted by Crippen LogP contribution is -2.09. The lowest BCUT2D eigenvalue weighted by atomic mass is 9.98. The van der Waals surface area contributed by atoms with Crippen LogP contribution in [0.2, 0.25) is 5.02 Å². The summed E-state index contributed by atoms with van der Waals surface area (Å²) in [6.45, 7) is 1.65. The molecule has 4 rings (SSSR count). The Kier molecular flexibility index (Phi) is 3.89. The highest BCUT2D eigenvalue weighted by Gasteiger charge is 2.19. The number of nitrogens with zero attached hydrogens (tertiary/aromatic N) is 2. The van der Waals surface area contributed by atoms with E-state index < -0.39 is 5.97 Å². The van der Waals surface area contributed by atoms with Gasteiger partial charge in [-0.25, -0.2) is 4.39 Å². The van der Waals surface area contributed by atoms with E-state index in [9.17, 15) is 14.3 Å². The summed E-state index contributed by atoms with van der Waals surface area (Å²) in [5, 5.41) is 11.4. The minimum atomic E-state index is -0.952. The number of aliphatic carboxylic acids is 1. The van der Waals surface area contributed by atoms with Crippen molar-refractivity contribution in [2.24, 2.45) is 0 Å². The van der Waals surface area contributed by atoms with Crippen molar-refractivity contribution in [1.29, 1.82) is 0 Å². The Morgan fingerprint density at radius 1 is 1.19 bits per heavy atom. The third-order valence-corrected chi connectivity index (χ3v) is 4.79. The topological polar surface area (TPSA) is 55.1 Å².